The van der Waals surface area contributed by atoms with E-state index in [0.717, 1.165) is 13.0 Å². The first kappa shape index (κ1) is 9.89. The van der Waals surface area contributed by atoms with Gasteiger partial charge in [0.05, 0.1) is 12.5 Å². The van der Waals surface area contributed by atoms with Crippen LogP contribution in [0.15, 0.2) is 17.3 Å². The van der Waals surface area contributed by atoms with Gasteiger partial charge in [-0.05, 0) is 6.42 Å². The predicted octanol–water partition coefficient (Wildman–Crippen LogP) is 1.31. The molecule has 0 aliphatic carbocycles. The summed E-state index contributed by atoms with van der Waals surface area (Å²) in [6, 6.07) is 0. The molecule has 0 saturated carbocycles. The van der Waals surface area contributed by atoms with Crippen LogP contribution in [0.25, 0.3) is 11.0 Å². The zero-order valence-corrected chi connectivity index (χ0v) is 8.73. The number of nitrogens with zero attached hydrogens (tertiary/aromatic N) is 3. The number of aryl methyl sites for hydroxylation is 1. The molecule has 5 nitrogen and oxygen atoms in total. The molecule has 15 heavy (non-hydrogen) atoms. The van der Waals surface area contributed by atoms with E-state index < -0.39 is 0 Å². The van der Waals surface area contributed by atoms with Crippen molar-refractivity contribution in [3.63, 3.8) is 0 Å². The Hall–Kier alpha value is -1.65. The van der Waals surface area contributed by atoms with Crippen LogP contribution in [0.1, 0.15) is 26.2 Å². The van der Waals surface area contributed by atoms with Gasteiger partial charge in [-0.25, -0.2) is 9.67 Å². The molecular weight excluding hydrogens is 192 g/mol. The number of unbranched alkanes of at least 4 members (excludes halogenated alkanes) is 2. The molecule has 80 valence electrons. The van der Waals surface area contributed by atoms with Gasteiger partial charge in [-0.15, -0.1) is 0 Å². The van der Waals surface area contributed by atoms with Crippen LogP contribution in [0.5, 0.6) is 0 Å². The van der Waals surface area contributed by atoms with Crippen LogP contribution >= 0.6 is 0 Å². The van der Waals surface area contributed by atoms with E-state index in [1.54, 1.807) is 10.9 Å². The third-order valence-corrected chi connectivity index (χ3v) is 2.41. The van der Waals surface area contributed by atoms with Crippen molar-refractivity contribution in [2.75, 3.05) is 0 Å². The number of aromatic amines is 1. The van der Waals surface area contributed by atoms with Gasteiger partial charge < -0.3 is 4.98 Å². The summed E-state index contributed by atoms with van der Waals surface area (Å²) in [7, 11) is 0. The van der Waals surface area contributed by atoms with Crippen molar-refractivity contribution in [3.05, 3.63) is 22.9 Å². The molecule has 5 heteroatoms. The number of hydrogen-bond donors (Lipinski definition) is 1. The summed E-state index contributed by atoms with van der Waals surface area (Å²) in [4.78, 5) is 18.0. The van der Waals surface area contributed by atoms with E-state index in [4.69, 9.17) is 0 Å². The van der Waals surface area contributed by atoms with Crippen molar-refractivity contribution in [1.82, 2.24) is 19.7 Å². The number of fused-ring (bicyclic) bond motifs is 1. The van der Waals surface area contributed by atoms with Gasteiger partial charge in [-0.2, -0.15) is 5.10 Å². The van der Waals surface area contributed by atoms with Crippen LogP contribution in [-0.2, 0) is 6.54 Å². The molecule has 2 rings (SSSR count). The van der Waals surface area contributed by atoms with Crippen LogP contribution in [-0.4, -0.2) is 19.7 Å². The highest BCUT2D eigenvalue weighted by atomic mass is 16.1. The lowest BCUT2D eigenvalue weighted by molar-refractivity contribution is 0.564. The van der Waals surface area contributed by atoms with E-state index in [9.17, 15) is 4.79 Å². The Kier molecular flexibility index (Phi) is 2.80. The zero-order chi connectivity index (χ0) is 10.7. The lowest BCUT2D eigenvalue weighted by Crippen LogP contribution is -2.07. The van der Waals surface area contributed by atoms with Gasteiger partial charge in [-0.3, -0.25) is 4.79 Å². The van der Waals surface area contributed by atoms with Crippen LogP contribution in [0.3, 0.4) is 0 Å². The van der Waals surface area contributed by atoms with Gasteiger partial charge in [0.2, 0.25) is 0 Å². The number of hydrogen-bond acceptors (Lipinski definition) is 3. The molecular formula is C10H14N4O. The summed E-state index contributed by atoms with van der Waals surface area (Å²) in [5, 5.41) is 4.73. The first-order valence-electron chi connectivity index (χ1n) is 5.22. The predicted molar refractivity (Wildman–Crippen MR) is 57.7 cm³/mol. The van der Waals surface area contributed by atoms with E-state index in [0.29, 0.717) is 11.0 Å². The number of nitrogens with one attached hydrogen (secondary N) is 1. The average Bonchev–Trinajstić information content (AvgIpc) is 2.64. The molecule has 0 aromatic carbocycles. The van der Waals surface area contributed by atoms with Gasteiger partial charge in [0.1, 0.15) is 5.39 Å². The number of aromatic nitrogens is 4. The standard InChI is InChI=1S/C10H14N4O/c1-2-3-4-5-14-9-8(6-13-14)10(15)12-7-11-9/h6-7H,2-5H2,1H3,(H,11,12,15). The summed E-state index contributed by atoms with van der Waals surface area (Å²) < 4.78 is 1.79. The van der Waals surface area contributed by atoms with E-state index in [-0.39, 0.29) is 5.56 Å². The van der Waals surface area contributed by atoms with Crippen molar-refractivity contribution in [2.45, 2.75) is 32.7 Å². The molecule has 0 saturated heterocycles. The summed E-state index contributed by atoms with van der Waals surface area (Å²) in [6.45, 7) is 2.98. The molecule has 0 fully saturated rings. The summed E-state index contributed by atoms with van der Waals surface area (Å²) in [5.41, 5.74) is 0.552. The second kappa shape index (κ2) is 4.25. The summed E-state index contributed by atoms with van der Waals surface area (Å²) in [5.74, 6) is 0. The molecule has 1 N–H and O–H groups in total. The maximum absolute atomic E-state index is 11.4. The molecule has 0 bridgehead atoms. The Labute approximate surface area is 87.1 Å². The third-order valence-electron chi connectivity index (χ3n) is 2.41. The Morgan fingerprint density at radius 2 is 2.33 bits per heavy atom. The maximum Gasteiger partial charge on any atom is 0.261 e. The van der Waals surface area contributed by atoms with Gasteiger partial charge in [0.25, 0.3) is 5.56 Å². The lowest BCUT2D eigenvalue weighted by atomic mass is 10.2. The van der Waals surface area contributed by atoms with Gasteiger partial charge in [0, 0.05) is 6.54 Å². The second-order valence-corrected chi connectivity index (χ2v) is 3.54. The Morgan fingerprint density at radius 3 is 3.13 bits per heavy atom. The largest absolute Gasteiger partial charge is 0.312 e. The summed E-state index contributed by atoms with van der Waals surface area (Å²) >= 11 is 0. The highest BCUT2D eigenvalue weighted by Gasteiger charge is 2.05. The second-order valence-electron chi connectivity index (χ2n) is 3.54. The molecule has 0 atom stereocenters. The van der Waals surface area contributed by atoms with E-state index in [1.807, 2.05) is 0 Å². The SMILES string of the molecule is CCCCCn1ncc2c(=O)[nH]cnc21. The first-order valence-corrected chi connectivity index (χ1v) is 5.22. The average molecular weight is 206 g/mol. The number of H-pyrrole nitrogens is 1. The van der Waals surface area contributed by atoms with Crippen LogP contribution < -0.4 is 5.56 Å². The first-order chi connectivity index (χ1) is 7.33. The van der Waals surface area contributed by atoms with Crippen LogP contribution in [0.2, 0.25) is 0 Å². The molecule has 0 aliphatic rings. The molecule has 0 radical (unpaired) electrons. The van der Waals surface area contributed by atoms with E-state index in [2.05, 4.69) is 22.0 Å². The monoisotopic (exact) mass is 206 g/mol. The van der Waals surface area contributed by atoms with Crippen molar-refractivity contribution < 1.29 is 0 Å². The normalized spacial score (nSPS) is 11.0. The molecule has 2 heterocycles. The maximum atomic E-state index is 11.4. The van der Waals surface area contributed by atoms with Crippen molar-refractivity contribution in [3.8, 4) is 0 Å². The highest BCUT2D eigenvalue weighted by Crippen LogP contribution is 2.06. The minimum atomic E-state index is -0.123. The topological polar surface area (TPSA) is 63.6 Å². The zero-order valence-electron chi connectivity index (χ0n) is 8.73. The smallest absolute Gasteiger partial charge is 0.261 e. The fourth-order valence-electron chi connectivity index (χ4n) is 1.58. The third kappa shape index (κ3) is 1.91. The lowest BCUT2D eigenvalue weighted by Gasteiger charge is -2.00. The fraction of sp³-hybridized carbons (Fsp3) is 0.500. The Bertz CT molecular complexity index is 499. The molecule has 2 aromatic heterocycles. The Morgan fingerprint density at radius 1 is 1.47 bits per heavy atom. The Balaban J connectivity index is 2.29. The fourth-order valence-corrected chi connectivity index (χ4v) is 1.58. The number of rotatable bonds is 4. The van der Waals surface area contributed by atoms with Gasteiger partial charge >= 0.3 is 0 Å². The van der Waals surface area contributed by atoms with Crippen LogP contribution in [0.4, 0.5) is 0 Å². The van der Waals surface area contributed by atoms with E-state index in [1.165, 1.54) is 19.2 Å². The van der Waals surface area contributed by atoms with Gasteiger partial charge in [-0.1, -0.05) is 19.8 Å². The molecule has 2 aromatic rings. The van der Waals surface area contributed by atoms with E-state index >= 15 is 0 Å². The molecule has 0 aliphatic heterocycles. The minimum Gasteiger partial charge on any atom is -0.312 e. The quantitative estimate of drug-likeness (QED) is 0.767. The van der Waals surface area contributed by atoms with Crippen molar-refractivity contribution in [1.29, 1.82) is 0 Å². The molecule has 0 amide bonds. The van der Waals surface area contributed by atoms with Crippen molar-refractivity contribution >= 4 is 11.0 Å². The molecule has 0 spiro atoms. The van der Waals surface area contributed by atoms with Gasteiger partial charge in [0.15, 0.2) is 5.65 Å². The minimum absolute atomic E-state index is 0.123. The summed E-state index contributed by atoms with van der Waals surface area (Å²) in [6.07, 6.45) is 6.41. The van der Waals surface area contributed by atoms with Crippen LogP contribution in [0, 0.1) is 0 Å². The van der Waals surface area contributed by atoms with Crippen molar-refractivity contribution in [2.24, 2.45) is 0 Å². The highest BCUT2D eigenvalue weighted by molar-refractivity contribution is 5.72. The molecule has 0 unspecified atom stereocenters.